The topological polar surface area (TPSA) is 67.3 Å². The van der Waals surface area contributed by atoms with Crippen LogP contribution in [0.5, 0.6) is 0 Å². The van der Waals surface area contributed by atoms with Gasteiger partial charge in [0.1, 0.15) is 0 Å². The molecule has 2 aromatic rings. The molecule has 1 aromatic heterocycles. The Hall–Kier alpha value is -2.73. The zero-order valence-electron chi connectivity index (χ0n) is 16.8. The molecule has 0 radical (unpaired) electrons. The fourth-order valence-electron chi connectivity index (χ4n) is 3.29. The molecule has 0 amide bonds. The van der Waals surface area contributed by atoms with Gasteiger partial charge in [0.05, 0.1) is 12.3 Å². The van der Waals surface area contributed by atoms with Crippen LogP contribution in [0.1, 0.15) is 35.7 Å². The number of likely N-dealkylation sites (tertiary alicyclic amines) is 1. The van der Waals surface area contributed by atoms with E-state index >= 15 is 0 Å². The third kappa shape index (κ3) is 5.63. The van der Waals surface area contributed by atoms with Gasteiger partial charge in [-0.2, -0.15) is 0 Å². The van der Waals surface area contributed by atoms with Crippen molar-refractivity contribution in [3.8, 4) is 0 Å². The van der Waals surface area contributed by atoms with Crippen LogP contribution in [0.3, 0.4) is 0 Å². The molecule has 0 unspecified atom stereocenters. The summed E-state index contributed by atoms with van der Waals surface area (Å²) in [5, 5.41) is 3.44. The van der Waals surface area contributed by atoms with Gasteiger partial charge >= 0.3 is 5.97 Å². The Morgan fingerprint density at radius 1 is 1.32 bits per heavy atom. The van der Waals surface area contributed by atoms with Gasteiger partial charge in [0, 0.05) is 43.5 Å². The van der Waals surface area contributed by atoms with Gasteiger partial charge in [-0.1, -0.05) is 29.8 Å². The molecule has 6 heteroatoms. The fourth-order valence-corrected chi connectivity index (χ4v) is 3.29. The molecule has 1 N–H and O–H groups in total. The summed E-state index contributed by atoms with van der Waals surface area (Å²) in [4.78, 5) is 22.8. The summed E-state index contributed by atoms with van der Waals surface area (Å²) in [6, 6.07) is 9.06. The highest BCUT2D eigenvalue weighted by atomic mass is 16.5. The number of ether oxygens (including phenoxy) is 1. The molecule has 0 aliphatic carbocycles. The number of aromatic nitrogens is 2. The minimum absolute atomic E-state index is 0.339. The lowest BCUT2D eigenvalue weighted by molar-refractivity contribution is -0.137. The first-order valence-corrected chi connectivity index (χ1v) is 9.76. The molecule has 1 aromatic carbocycles. The summed E-state index contributed by atoms with van der Waals surface area (Å²) in [7, 11) is 0. The van der Waals surface area contributed by atoms with Crippen LogP contribution in [-0.2, 0) is 16.1 Å². The average Bonchev–Trinajstić information content (AvgIpc) is 3.10. The number of nitrogens with zero attached hydrogens (tertiary/aromatic N) is 3. The summed E-state index contributed by atoms with van der Waals surface area (Å²) in [6.07, 6.45) is 5.90. The Morgan fingerprint density at radius 2 is 2.11 bits per heavy atom. The van der Waals surface area contributed by atoms with Crippen molar-refractivity contribution in [3.63, 3.8) is 0 Å². The van der Waals surface area contributed by atoms with Crippen LogP contribution in [0.15, 0.2) is 36.5 Å². The van der Waals surface area contributed by atoms with Crippen molar-refractivity contribution in [1.29, 1.82) is 0 Å². The summed E-state index contributed by atoms with van der Waals surface area (Å²) in [5.41, 5.74) is 4.27. The molecule has 3 rings (SSSR count). The second-order valence-electron chi connectivity index (χ2n) is 7.17. The van der Waals surface area contributed by atoms with Crippen molar-refractivity contribution in [1.82, 2.24) is 14.9 Å². The number of anilines is 1. The number of esters is 1. The van der Waals surface area contributed by atoms with E-state index in [-0.39, 0.29) is 5.97 Å². The molecule has 0 saturated carbocycles. The van der Waals surface area contributed by atoms with Crippen LogP contribution >= 0.6 is 0 Å². The Bertz CT molecular complexity index is 833. The van der Waals surface area contributed by atoms with E-state index in [2.05, 4.69) is 51.4 Å². The second-order valence-corrected chi connectivity index (χ2v) is 7.17. The fraction of sp³-hybridized carbons (Fsp3) is 0.409. The minimum Gasteiger partial charge on any atom is -0.463 e. The molecule has 1 aliphatic rings. The first-order valence-electron chi connectivity index (χ1n) is 9.76. The normalized spacial score (nSPS) is 17.2. The lowest BCUT2D eigenvalue weighted by atomic mass is 10.1. The Labute approximate surface area is 166 Å². The highest BCUT2D eigenvalue weighted by Crippen LogP contribution is 2.17. The highest BCUT2D eigenvalue weighted by Gasteiger charge is 2.23. The predicted octanol–water partition coefficient (Wildman–Crippen LogP) is 3.36. The van der Waals surface area contributed by atoms with E-state index in [9.17, 15) is 4.79 Å². The van der Waals surface area contributed by atoms with Crippen LogP contribution in [0, 0.1) is 13.8 Å². The molecule has 1 saturated heterocycles. The van der Waals surface area contributed by atoms with Crippen LogP contribution in [0.4, 0.5) is 5.95 Å². The van der Waals surface area contributed by atoms with E-state index in [1.807, 2.05) is 6.92 Å². The molecule has 0 bridgehead atoms. The summed E-state index contributed by atoms with van der Waals surface area (Å²) in [6.45, 7) is 9.17. The van der Waals surface area contributed by atoms with E-state index in [0.29, 0.717) is 18.6 Å². The molecule has 0 spiro atoms. The Balaban J connectivity index is 1.53. The Kier molecular flexibility index (Phi) is 6.76. The Morgan fingerprint density at radius 3 is 2.82 bits per heavy atom. The van der Waals surface area contributed by atoms with Crippen LogP contribution in [-0.4, -0.2) is 46.6 Å². The first-order chi connectivity index (χ1) is 13.5. The second kappa shape index (κ2) is 9.46. The molecular weight excluding hydrogens is 352 g/mol. The number of nitrogens with one attached hydrogen (secondary N) is 1. The average molecular weight is 380 g/mol. The van der Waals surface area contributed by atoms with Gasteiger partial charge < -0.3 is 10.1 Å². The first kappa shape index (κ1) is 20.0. The van der Waals surface area contributed by atoms with Crippen LogP contribution in [0.2, 0.25) is 0 Å². The number of aryl methyl sites for hydroxylation is 2. The monoisotopic (exact) mass is 380 g/mol. The van der Waals surface area contributed by atoms with Gasteiger partial charge in [0.2, 0.25) is 5.95 Å². The van der Waals surface area contributed by atoms with Crippen molar-refractivity contribution in [2.24, 2.45) is 0 Å². The van der Waals surface area contributed by atoms with E-state index in [0.717, 1.165) is 37.3 Å². The number of rotatable bonds is 7. The summed E-state index contributed by atoms with van der Waals surface area (Å²) >= 11 is 0. The lowest BCUT2D eigenvalue weighted by Gasteiger charge is -2.17. The predicted molar refractivity (Wildman–Crippen MR) is 111 cm³/mol. The number of benzene rings is 1. The number of hydrogen-bond acceptors (Lipinski definition) is 6. The maximum absolute atomic E-state index is 11.4. The van der Waals surface area contributed by atoms with Crippen LogP contribution in [0.25, 0.3) is 6.08 Å². The molecule has 1 aliphatic heterocycles. The maximum Gasteiger partial charge on any atom is 0.330 e. The molecular formula is C22H28N4O2. The third-order valence-corrected chi connectivity index (χ3v) is 4.84. The van der Waals surface area contributed by atoms with Crippen molar-refractivity contribution in [2.75, 3.05) is 25.0 Å². The van der Waals surface area contributed by atoms with Gasteiger partial charge in [0.15, 0.2) is 0 Å². The standard InChI is InChI=1S/C22H28N4O2/c1-4-28-21(27)10-9-19-13-23-22(24-17(19)3)25-20-11-12-26(15-20)14-18-7-5-16(2)6-8-18/h5-10,13,20H,4,11-12,14-15H2,1-3H3,(H,23,24,25)/b10-9+/t20-/m1/s1. The highest BCUT2D eigenvalue weighted by molar-refractivity contribution is 5.87. The lowest BCUT2D eigenvalue weighted by Crippen LogP contribution is -2.26. The number of hydrogen-bond donors (Lipinski definition) is 1. The molecule has 2 heterocycles. The molecule has 148 valence electrons. The van der Waals surface area contributed by atoms with Crippen molar-refractivity contribution >= 4 is 18.0 Å². The zero-order chi connectivity index (χ0) is 19.9. The van der Waals surface area contributed by atoms with Crippen molar-refractivity contribution in [2.45, 2.75) is 39.8 Å². The van der Waals surface area contributed by atoms with Crippen molar-refractivity contribution in [3.05, 3.63) is 58.9 Å². The zero-order valence-corrected chi connectivity index (χ0v) is 16.8. The summed E-state index contributed by atoms with van der Waals surface area (Å²) in [5.74, 6) is 0.275. The van der Waals surface area contributed by atoms with Gasteiger partial charge in [-0.15, -0.1) is 0 Å². The van der Waals surface area contributed by atoms with E-state index < -0.39 is 0 Å². The van der Waals surface area contributed by atoms with Gasteiger partial charge in [-0.05, 0) is 38.8 Å². The van der Waals surface area contributed by atoms with E-state index in [1.54, 1.807) is 19.2 Å². The third-order valence-electron chi connectivity index (χ3n) is 4.84. The smallest absolute Gasteiger partial charge is 0.330 e. The van der Waals surface area contributed by atoms with Gasteiger partial charge in [-0.3, -0.25) is 4.90 Å². The molecule has 1 atom stereocenters. The quantitative estimate of drug-likeness (QED) is 0.587. The van der Waals surface area contributed by atoms with E-state index in [4.69, 9.17) is 4.74 Å². The van der Waals surface area contributed by atoms with Gasteiger partial charge in [0.25, 0.3) is 0 Å². The van der Waals surface area contributed by atoms with Crippen LogP contribution < -0.4 is 5.32 Å². The minimum atomic E-state index is -0.358. The maximum atomic E-state index is 11.4. The number of carbonyl (C=O) groups excluding carboxylic acids is 1. The molecule has 6 nitrogen and oxygen atoms in total. The SMILES string of the molecule is CCOC(=O)/C=C/c1cnc(N[C@@H]2CCN(Cc3ccc(C)cc3)C2)nc1C. The summed E-state index contributed by atoms with van der Waals surface area (Å²) < 4.78 is 4.89. The van der Waals surface area contributed by atoms with Crippen molar-refractivity contribution < 1.29 is 9.53 Å². The van der Waals surface area contributed by atoms with Gasteiger partial charge in [-0.25, -0.2) is 14.8 Å². The van der Waals surface area contributed by atoms with E-state index in [1.165, 1.54) is 17.2 Å². The largest absolute Gasteiger partial charge is 0.463 e. The molecule has 28 heavy (non-hydrogen) atoms. The molecule has 1 fully saturated rings. The number of carbonyl (C=O) groups is 1.